The van der Waals surface area contributed by atoms with Crippen LogP contribution in [-0.4, -0.2) is 20.9 Å². The van der Waals surface area contributed by atoms with Gasteiger partial charge in [-0.3, -0.25) is 10.0 Å². The second-order valence-electron chi connectivity index (χ2n) is 4.75. The zero-order valence-electron chi connectivity index (χ0n) is 11.7. The van der Waals surface area contributed by atoms with E-state index in [9.17, 15) is 4.79 Å². The first-order valence-corrected chi connectivity index (χ1v) is 7.40. The number of carbonyl (C=O) groups is 1. The molecule has 23 heavy (non-hydrogen) atoms. The van der Waals surface area contributed by atoms with Crippen LogP contribution in [0.3, 0.4) is 0 Å². The summed E-state index contributed by atoms with van der Waals surface area (Å²) in [5.74, 6) is -0.687. The van der Waals surface area contributed by atoms with Crippen molar-refractivity contribution in [2.24, 2.45) is 0 Å². The molecule has 2 N–H and O–H groups in total. The first kappa shape index (κ1) is 15.6. The third kappa shape index (κ3) is 3.22. The number of hydrogen-bond acceptors (Lipinski definition) is 3. The number of hydroxylamine groups is 1. The summed E-state index contributed by atoms with van der Waals surface area (Å²) in [5.41, 5.74) is 3.92. The van der Waals surface area contributed by atoms with Gasteiger partial charge in [0.1, 0.15) is 0 Å². The fourth-order valence-electron chi connectivity index (χ4n) is 2.15. The molecule has 0 atom stereocenters. The number of hydrogen-bond donors (Lipinski definition) is 2. The molecule has 0 aliphatic rings. The average molecular weight is 348 g/mol. The van der Waals surface area contributed by atoms with Crippen LogP contribution in [0.4, 0.5) is 0 Å². The summed E-state index contributed by atoms with van der Waals surface area (Å²) >= 11 is 11.8. The molecule has 3 rings (SSSR count). The van der Waals surface area contributed by atoms with Crippen LogP contribution < -0.4 is 5.48 Å². The second kappa shape index (κ2) is 6.42. The van der Waals surface area contributed by atoms with Crippen molar-refractivity contribution in [2.45, 2.75) is 0 Å². The Morgan fingerprint density at radius 2 is 1.57 bits per heavy atom. The lowest BCUT2D eigenvalue weighted by atomic mass is 10.1. The molecular weight excluding hydrogens is 337 g/mol. The maximum Gasteiger partial charge on any atom is 0.295 e. The van der Waals surface area contributed by atoms with E-state index < -0.39 is 5.91 Å². The molecule has 0 aliphatic heterocycles. The quantitative estimate of drug-likeness (QED) is 0.556. The molecule has 0 saturated carbocycles. The minimum absolute atomic E-state index is 0.0902. The van der Waals surface area contributed by atoms with Gasteiger partial charge in [-0.2, -0.15) is 5.10 Å². The van der Waals surface area contributed by atoms with Gasteiger partial charge in [0.2, 0.25) is 0 Å². The Labute approximate surface area is 142 Å². The van der Waals surface area contributed by atoms with Crippen molar-refractivity contribution < 1.29 is 10.0 Å². The van der Waals surface area contributed by atoms with Gasteiger partial charge in [-0.25, -0.2) is 10.2 Å². The molecule has 0 unspecified atom stereocenters. The third-order valence-electron chi connectivity index (χ3n) is 3.25. The fourth-order valence-corrected chi connectivity index (χ4v) is 2.41. The van der Waals surface area contributed by atoms with Gasteiger partial charge in [0.15, 0.2) is 5.69 Å². The average Bonchev–Trinajstić information content (AvgIpc) is 3.01. The summed E-state index contributed by atoms with van der Waals surface area (Å²) in [4.78, 5) is 11.7. The van der Waals surface area contributed by atoms with Gasteiger partial charge in [0.05, 0.1) is 11.4 Å². The van der Waals surface area contributed by atoms with Crippen molar-refractivity contribution in [3.63, 3.8) is 0 Å². The van der Waals surface area contributed by atoms with Gasteiger partial charge in [0, 0.05) is 15.6 Å². The highest BCUT2D eigenvalue weighted by Crippen LogP contribution is 2.26. The van der Waals surface area contributed by atoms with Gasteiger partial charge in [0.25, 0.3) is 5.91 Å². The van der Waals surface area contributed by atoms with Crippen LogP contribution in [-0.2, 0) is 0 Å². The predicted molar refractivity (Wildman–Crippen MR) is 88.3 cm³/mol. The number of rotatable bonds is 3. The lowest BCUT2D eigenvalue weighted by Crippen LogP contribution is -2.19. The lowest BCUT2D eigenvalue weighted by Gasteiger charge is -2.07. The molecule has 0 spiro atoms. The SMILES string of the molecule is O=C(NO)c1cc(-c2ccc(Cl)cc2)n(-c2ccc(Cl)cc2)n1. The Balaban J connectivity index is 2.16. The summed E-state index contributed by atoms with van der Waals surface area (Å²) in [6, 6.07) is 15.8. The molecular formula is C16H11Cl2N3O2. The minimum atomic E-state index is -0.687. The number of nitrogens with one attached hydrogen (secondary N) is 1. The highest BCUT2D eigenvalue weighted by atomic mass is 35.5. The molecule has 2 aromatic carbocycles. The van der Waals surface area contributed by atoms with Gasteiger partial charge < -0.3 is 0 Å². The molecule has 0 fully saturated rings. The number of amides is 1. The van der Waals surface area contributed by atoms with E-state index in [-0.39, 0.29) is 5.69 Å². The van der Waals surface area contributed by atoms with Gasteiger partial charge in [-0.05, 0) is 42.5 Å². The van der Waals surface area contributed by atoms with Crippen molar-refractivity contribution in [3.8, 4) is 16.9 Å². The Kier molecular flexibility index (Phi) is 4.34. The van der Waals surface area contributed by atoms with E-state index in [1.165, 1.54) is 0 Å². The molecule has 1 heterocycles. The molecule has 5 nitrogen and oxygen atoms in total. The molecule has 0 saturated heterocycles. The van der Waals surface area contributed by atoms with Crippen LogP contribution >= 0.6 is 23.2 Å². The molecule has 7 heteroatoms. The topological polar surface area (TPSA) is 67.2 Å². The maximum absolute atomic E-state index is 11.7. The lowest BCUT2D eigenvalue weighted by molar-refractivity contribution is 0.0700. The number of carbonyl (C=O) groups excluding carboxylic acids is 1. The number of halogens is 2. The first-order chi connectivity index (χ1) is 11.1. The zero-order chi connectivity index (χ0) is 16.4. The Morgan fingerprint density at radius 1 is 1.00 bits per heavy atom. The highest BCUT2D eigenvalue weighted by molar-refractivity contribution is 6.30. The number of benzene rings is 2. The van der Waals surface area contributed by atoms with E-state index in [1.807, 2.05) is 12.1 Å². The highest BCUT2D eigenvalue weighted by Gasteiger charge is 2.16. The maximum atomic E-state index is 11.7. The van der Waals surface area contributed by atoms with Crippen molar-refractivity contribution in [3.05, 3.63) is 70.3 Å². The summed E-state index contributed by atoms with van der Waals surface area (Å²) in [6.45, 7) is 0. The Bertz CT molecular complexity index is 780. The molecule has 0 aliphatic carbocycles. The van der Waals surface area contributed by atoms with E-state index in [0.29, 0.717) is 15.7 Å². The first-order valence-electron chi connectivity index (χ1n) is 6.65. The smallest absolute Gasteiger partial charge is 0.288 e. The van der Waals surface area contributed by atoms with Crippen LogP contribution in [0.15, 0.2) is 54.6 Å². The summed E-state index contributed by atoms with van der Waals surface area (Å²) in [6.07, 6.45) is 0. The molecule has 0 radical (unpaired) electrons. The Morgan fingerprint density at radius 3 is 2.13 bits per heavy atom. The largest absolute Gasteiger partial charge is 0.295 e. The molecule has 1 amide bonds. The van der Waals surface area contributed by atoms with Crippen LogP contribution in [0.1, 0.15) is 10.5 Å². The van der Waals surface area contributed by atoms with E-state index in [0.717, 1.165) is 11.3 Å². The summed E-state index contributed by atoms with van der Waals surface area (Å²) in [5, 5.41) is 14.3. The van der Waals surface area contributed by atoms with Crippen LogP contribution in [0.5, 0.6) is 0 Å². The molecule has 1 aromatic heterocycles. The third-order valence-corrected chi connectivity index (χ3v) is 3.76. The van der Waals surface area contributed by atoms with Gasteiger partial charge >= 0.3 is 0 Å². The summed E-state index contributed by atoms with van der Waals surface area (Å²) in [7, 11) is 0. The van der Waals surface area contributed by atoms with Crippen LogP contribution in [0, 0.1) is 0 Å². The van der Waals surface area contributed by atoms with E-state index >= 15 is 0 Å². The molecule has 116 valence electrons. The van der Waals surface area contributed by atoms with Crippen molar-refractivity contribution >= 4 is 29.1 Å². The number of aromatic nitrogens is 2. The standard InChI is InChI=1S/C16H11Cl2N3O2/c17-11-3-1-10(2-4-11)15-9-14(16(22)20-23)19-21(15)13-7-5-12(18)6-8-13/h1-9,23H,(H,20,22). The molecule has 0 bridgehead atoms. The van der Waals surface area contributed by atoms with E-state index in [2.05, 4.69) is 5.10 Å². The van der Waals surface area contributed by atoms with E-state index in [1.54, 1.807) is 52.6 Å². The summed E-state index contributed by atoms with van der Waals surface area (Å²) < 4.78 is 1.60. The van der Waals surface area contributed by atoms with Gasteiger partial charge in [-0.15, -0.1) is 0 Å². The predicted octanol–water partition coefficient (Wildman–Crippen LogP) is 3.97. The van der Waals surface area contributed by atoms with Crippen molar-refractivity contribution in [2.75, 3.05) is 0 Å². The van der Waals surface area contributed by atoms with Crippen LogP contribution in [0.25, 0.3) is 16.9 Å². The van der Waals surface area contributed by atoms with Crippen LogP contribution in [0.2, 0.25) is 10.0 Å². The zero-order valence-corrected chi connectivity index (χ0v) is 13.2. The second-order valence-corrected chi connectivity index (χ2v) is 5.62. The monoisotopic (exact) mass is 347 g/mol. The van der Waals surface area contributed by atoms with Gasteiger partial charge in [-0.1, -0.05) is 35.3 Å². The normalized spacial score (nSPS) is 10.6. The van der Waals surface area contributed by atoms with E-state index in [4.69, 9.17) is 28.4 Å². The fraction of sp³-hybridized carbons (Fsp3) is 0. The minimum Gasteiger partial charge on any atom is -0.288 e. The van der Waals surface area contributed by atoms with Crippen molar-refractivity contribution in [1.82, 2.24) is 15.3 Å². The number of nitrogens with zero attached hydrogens (tertiary/aromatic N) is 2. The molecule has 3 aromatic rings. The Hall–Kier alpha value is -2.34. The van der Waals surface area contributed by atoms with Crippen molar-refractivity contribution in [1.29, 1.82) is 0 Å².